The van der Waals surface area contributed by atoms with E-state index in [1.807, 2.05) is 0 Å². The van der Waals surface area contributed by atoms with E-state index in [-0.39, 0.29) is 0 Å². The quantitative estimate of drug-likeness (QED) is 0.854. The first kappa shape index (κ1) is 13.4. The molecule has 0 saturated carbocycles. The fourth-order valence-corrected chi connectivity index (χ4v) is 2.27. The van der Waals surface area contributed by atoms with Crippen molar-refractivity contribution in [2.75, 3.05) is 12.4 Å². The molecular formula is C12H8Cl3FN2. The van der Waals surface area contributed by atoms with Crippen LogP contribution in [0.2, 0.25) is 15.1 Å². The van der Waals surface area contributed by atoms with Crippen molar-refractivity contribution < 1.29 is 4.39 Å². The van der Waals surface area contributed by atoms with Crippen LogP contribution in [-0.4, -0.2) is 12.0 Å². The lowest BCUT2D eigenvalue weighted by atomic mass is 10.1. The minimum absolute atomic E-state index is 0.312. The van der Waals surface area contributed by atoms with E-state index in [2.05, 4.69) is 10.3 Å². The Balaban J connectivity index is 2.66. The number of rotatable bonds is 2. The molecule has 0 atom stereocenters. The molecule has 94 valence electrons. The van der Waals surface area contributed by atoms with Crippen LogP contribution in [0.3, 0.4) is 0 Å². The van der Waals surface area contributed by atoms with Crippen LogP contribution in [0.15, 0.2) is 24.3 Å². The lowest BCUT2D eigenvalue weighted by Gasteiger charge is -2.10. The smallest absolute Gasteiger partial charge is 0.145 e. The number of nitrogens with one attached hydrogen (secondary N) is 1. The van der Waals surface area contributed by atoms with Crippen molar-refractivity contribution in [2.45, 2.75) is 0 Å². The van der Waals surface area contributed by atoms with Gasteiger partial charge >= 0.3 is 0 Å². The van der Waals surface area contributed by atoms with Crippen LogP contribution in [-0.2, 0) is 0 Å². The standard InChI is InChI=1S/C12H8Cl3FN2/c1-17-12-10(15)5-9(14)11(18-12)7-4-6(16)2-3-8(7)13/h2-5H,1H3,(H,17,18). The van der Waals surface area contributed by atoms with E-state index in [1.165, 1.54) is 18.2 Å². The molecule has 2 nitrogen and oxygen atoms in total. The van der Waals surface area contributed by atoms with E-state index in [0.717, 1.165) is 0 Å². The lowest BCUT2D eigenvalue weighted by Crippen LogP contribution is -1.96. The Morgan fingerprint density at radius 2 is 1.78 bits per heavy atom. The van der Waals surface area contributed by atoms with Gasteiger partial charge in [0.15, 0.2) is 0 Å². The van der Waals surface area contributed by atoms with Crippen LogP contribution < -0.4 is 5.32 Å². The highest BCUT2D eigenvalue weighted by Gasteiger charge is 2.13. The summed E-state index contributed by atoms with van der Waals surface area (Å²) < 4.78 is 13.3. The number of pyridine rings is 1. The van der Waals surface area contributed by atoms with Gasteiger partial charge in [-0.1, -0.05) is 34.8 Å². The molecule has 0 aliphatic rings. The van der Waals surface area contributed by atoms with Crippen LogP contribution >= 0.6 is 34.8 Å². The molecular weight excluding hydrogens is 298 g/mol. The molecule has 2 aromatic rings. The summed E-state index contributed by atoms with van der Waals surface area (Å²) in [5.74, 6) is 0.0459. The molecule has 0 saturated heterocycles. The Morgan fingerprint density at radius 3 is 2.44 bits per heavy atom. The maximum atomic E-state index is 13.3. The maximum Gasteiger partial charge on any atom is 0.145 e. The number of hydrogen-bond acceptors (Lipinski definition) is 2. The third-order valence-corrected chi connectivity index (χ3v) is 3.26. The zero-order valence-electron chi connectivity index (χ0n) is 9.27. The normalized spacial score (nSPS) is 10.5. The Kier molecular flexibility index (Phi) is 3.95. The number of benzene rings is 1. The van der Waals surface area contributed by atoms with E-state index in [4.69, 9.17) is 34.8 Å². The highest BCUT2D eigenvalue weighted by atomic mass is 35.5. The van der Waals surface area contributed by atoms with Gasteiger partial charge in [0, 0.05) is 12.6 Å². The Morgan fingerprint density at radius 1 is 1.06 bits per heavy atom. The molecule has 0 aliphatic heterocycles. The second kappa shape index (κ2) is 5.31. The predicted octanol–water partition coefficient (Wildman–Crippen LogP) is 4.89. The first-order chi connectivity index (χ1) is 8.52. The van der Waals surface area contributed by atoms with E-state index in [9.17, 15) is 4.39 Å². The van der Waals surface area contributed by atoms with E-state index in [0.29, 0.717) is 32.1 Å². The fourth-order valence-electron chi connectivity index (χ4n) is 1.51. The largest absolute Gasteiger partial charge is 0.372 e. The number of aromatic nitrogens is 1. The molecule has 1 aromatic heterocycles. The predicted molar refractivity (Wildman–Crippen MR) is 74.2 cm³/mol. The zero-order valence-corrected chi connectivity index (χ0v) is 11.5. The van der Waals surface area contributed by atoms with Crippen molar-refractivity contribution in [3.63, 3.8) is 0 Å². The van der Waals surface area contributed by atoms with Gasteiger partial charge in [-0.05, 0) is 24.3 Å². The number of nitrogens with zero attached hydrogens (tertiary/aromatic N) is 1. The molecule has 0 spiro atoms. The molecule has 1 aromatic carbocycles. The van der Waals surface area contributed by atoms with E-state index in [1.54, 1.807) is 13.1 Å². The highest BCUT2D eigenvalue weighted by molar-refractivity contribution is 6.38. The minimum atomic E-state index is -0.409. The van der Waals surface area contributed by atoms with Crippen LogP contribution in [0.1, 0.15) is 0 Å². The van der Waals surface area contributed by atoms with Gasteiger partial charge in [0.25, 0.3) is 0 Å². The first-order valence-corrected chi connectivity index (χ1v) is 6.15. The fraction of sp³-hybridized carbons (Fsp3) is 0.0833. The number of anilines is 1. The molecule has 2 rings (SSSR count). The van der Waals surface area contributed by atoms with Crippen molar-refractivity contribution in [1.29, 1.82) is 0 Å². The topological polar surface area (TPSA) is 24.9 Å². The van der Waals surface area contributed by atoms with Gasteiger partial charge in [0.05, 0.1) is 20.8 Å². The third kappa shape index (κ3) is 2.53. The minimum Gasteiger partial charge on any atom is -0.372 e. The SMILES string of the molecule is CNc1nc(-c2cc(F)ccc2Cl)c(Cl)cc1Cl. The maximum absolute atomic E-state index is 13.3. The first-order valence-electron chi connectivity index (χ1n) is 5.02. The Bertz CT molecular complexity index is 602. The van der Waals surface area contributed by atoms with Gasteiger partial charge in [-0.3, -0.25) is 0 Å². The van der Waals surface area contributed by atoms with Crippen LogP contribution in [0.5, 0.6) is 0 Å². The third-order valence-electron chi connectivity index (χ3n) is 2.35. The van der Waals surface area contributed by atoms with Gasteiger partial charge in [-0.2, -0.15) is 0 Å². The van der Waals surface area contributed by atoms with Crippen LogP contribution in [0, 0.1) is 5.82 Å². The van der Waals surface area contributed by atoms with Gasteiger partial charge < -0.3 is 5.32 Å². The zero-order chi connectivity index (χ0) is 13.3. The summed E-state index contributed by atoms with van der Waals surface area (Å²) in [6, 6.07) is 5.55. The summed E-state index contributed by atoms with van der Waals surface area (Å²) in [5.41, 5.74) is 0.810. The van der Waals surface area contributed by atoms with Gasteiger partial charge in [0.2, 0.25) is 0 Å². The summed E-state index contributed by atoms with van der Waals surface area (Å²) in [4.78, 5) is 4.24. The summed E-state index contributed by atoms with van der Waals surface area (Å²) in [6.45, 7) is 0. The molecule has 0 unspecified atom stereocenters. The summed E-state index contributed by atoms with van der Waals surface area (Å²) in [5, 5.41) is 3.90. The second-order valence-electron chi connectivity index (χ2n) is 3.52. The molecule has 0 amide bonds. The molecule has 1 N–H and O–H groups in total. The molecule has 6 heteroatoms. The van der Waals surface area contributed by atoms with Crippen molar-refractivity contribution in [3.05, 3.63) is 45.2 Å². The van der Waals surface area contributed by atoms with Crippen LogP contribution in [0.4, 0.5) is 10.2 Å². The lowest BCUT2D eigenvalue weighted by molar-refractivity contribution is 0.628. The van der Waals surface area contributed by atoms with Crippen molar-refractivity contribution >= 4 is 40.6 Å². The molecule has 0 fully saturated rings. The average Bonchev–Trinajstić information content (AvgIpc) is 2.33. The molecule has 18 heavy (non-hydrogen) atoms. The van der Waals surface area contributed by atoms with Gasteiger partial charge in [-0.25, -0.2) is 9.37 Å². The van der Waals surface area contributed by atoms with Gasteiger partial charge in [-0.15, -0.1) is 0 Å². The second-order valence-corrected chi connectivity index (χ2v) is 4.74. The number of halogens is 4. The Hall–Kier alpha value is -1.03. The summed E-state index contributed by atoms with van der Waals surface area (Å²) in [7, 11) is 1.68. The van der Waals surface area contributed by atoms with E-state index >= 15 is 0 Å². The monoisotopic (exact) mass is 304 g/mol. The van der Waals surface area contributed by atoms with Crippen LogP contribution in [0.25, 0.3) is 11.3 Å². The molecule has 0 bridgehead atoms. The number of hydrogen-bond donors (Lipinski definition) is 1. The van der Waals surface area contributed by atoms with Gasteiger partial charge in [0.1, 0.15) is 11.6 Å². The molecule has 1 heterocycles. The molecule has 0 aliphatic carbocycles. The average molecular weight is 306 g/mol. The van der Waals surface area contributed by atoms with E-state index < -0.39 is 5.82 Å². The van der Waals surface area contributed by atoms with Crippen molar-refractivity contribution in [3.8, 4) is 11.3 Å². The van der Waals surface area contributed by atoms with Crippen molar-refractivity contribution in [2.24, 2.45) is 0 Å². The molecule has 0 radical (unpaired) electrons. The Labute approximate surface area is 119 Å². The van der Waals surface area contributed by atoms with Crippen molar-refractivity contribution in [1.82, 2.24) is 4.98 Å². The summed E-state index contributed by atoms with van der Waals surface area (Å²) >= 11 is 18.0. The summed E-state index contributed by atoms with van der Waals surface area (Å²) in [6.07, 6.45) is 0. The highest BCUT2D eigenvalue weighted by Crippen LogP contribution is 2.35.